The van der Waals surface area contributed by atoms with Crippen LogP contribution in [-0.4, -0.2) is 20.4 Å². The molecule has 0 radical (unpaired) electrons. The first-order chi connectivity index (χ1) is 11.8. The molecule has 0 fully saturated rings. The maximum absolute atomic E-state index is 12.3. The summed E-state index contributed by atoms with van der Waals surface area (Å²) in [5, 5.41) is 2.92. The van der Waals surface area contributed by atoms with Gasteiger partial charge in [0, 0.05) is 12.6 Å². The lowest BCUT2D eigenvalue weighted by molar-refractivity contribution is -0.116. The maximum Gasteiger partial charge on any atom is 0.227 e. The van der Waals surface area contributed by atoms with E-state index in [1.165, 1.54) is 0 Å². The molecule has 1 aliphatic carbocycles. The molecular formula is C19H16N4O. The number of hydrogen-bond acceptors (Lipinski definition) is 3. The van der Waals surface area contributed by atoms with E-state index in [4.69, 9.17) is 0 Å². The van der Waals surface area contributed by atoms with Crippen molar-refractivity contribution in [3.8, 4) is 0 Å². The molecule has 0 aliphatic heterocycles. The Labute approximate surface area is 139 Å². The van der Waals surface area contributed by atoms with Crippen molar-refractivity contribution >= 4 is 28.7 Å². The lowest BCUT2D eigenvalue weighted by Gasteiger charge is -2.13. The summed E-state index contributed by atoms with van der Waals surface area (Å²) in [6.07, 6.45) is 8.73. The van der Waals surface area contributed by atoms with Gasteiger partial charge in [0.2, 0.25) is 11.9 Å². The molecule has 4 rings (SSSR count). The van der Waals surface area contributed by atoms with Gasteiger partial charge in [0.25, 0.3) is 0 Å². The van der Waals surface area contributed by atoms with Crippen LogP contribution >= 0.6 is 0 Å². The van der Waals surface area contributed by atoms with Crippen molar-refractivity contribution in [1.29, 1.82) is 0 Å². The molecule has 0 saturated heterocycles. The lowest BCUT2D eigenvalue weighted by atomic mass is 10.1. The van der Waals surface area contributed by atoms with Crippen molar-refractivity contribution in [3.05, 3.63) is 72.5 Å². The molecule has 1 N–H and O–H groups in total. The second-order valence-corrected chi connectivity index (χ2v) is 5.60. The van der Waals surface area contributed by atoms with Crippen molar-refractivity contribution in [1.82, 2.24) is 14.5 Å². The van der Waals surface area contributed by atoms with E-state index in [0.29, 0.717) is 18.8 Å². The van der Waals surface area contributed by atoms with E-state index < -0.39 is 0 Å². The minimum Gasteiger partial charge on any atom is -0.296 e. The number of allylic oxidation sites excluding steroid dienone is 4. The third-order valence-corrected chi connectivity index (χ3v) is 3.94. The van der Waals surface area contributed by atoms with Gasteiger partial charge >= 0.3 is 0 Å². The molecule has 2 heterocycles. The summed E-state index contributed by atoms with van der Waals surface area (Å²) in [6, 6.07) is 13.7. The van der Waals surface area contributed by atoms with Crippen LogP contribution in [0.15, 0.2) is 66.9 Å². The second-order valence-electron chi connectivity index (χ2n) is 5.60. The van der Waals surface area contributed by atoms with Gasteiger partial charge in [-0.1, -0.05) is 36.4 Å². The number of nitrogens with zero attached hydrogens (tertiary/aromatic N) is 3. The highest BCUT2D eigenvalue weighted by atomic mass is 16.1. The average Bonchev–Trinajstić information content (AvgIpc) is 2.91. The van der Waals surface area contributed by atoms with E-state index in [1.807, 2.05) is 65.3 Å². The van der Waals surface area contributed by atoms with Crippen molar-refractivity contribution in [3.63, 3.8) is 0 Å². The highest BCUT2D eigenvalue weighted by Crippen LogP contribution is 2.26. The van der Waals surface area contributed by atoms with Gasteiger partial charge in [0.1, 0.15) is 5.52 Å². The molecule has 24 heavy (non-hydrogen) atoms. The Morgan fingerprint density at radius 2 is 1.96 bits per heavy atom. The summed E-state index contributed by atoms with van der Waals surface area (Å²) < 4.78 is 1.87. The fourth-order valence-corrected chi connectivity index (χ4v) is 2.66. The molecule has 0 atom stereocenters. The quantitative estimate of drug-likeness (QED) is 0.784. The number of benzene rings is 1. The number of imidazole rings is 1. The van der Waals surface area contributed by atoms with Crippen LogP contribution in [0.4, 0.5) is 5.95 Å². The molecule has 1 aromatic carbocycles. The Morgan fingerprint density at radius 3 is 2.71 bits per heavy atom. The zero-order valence-corrected chi connectivity index (χ0v) is 13.0. The number of anilines is 1. The number of aromatic nitrogens is 3. The van der Waals surface area contributed by atoms with Crippen molar-refractivity contribution < 1.29 is 4.79 Å². The number of rotatable bonds is 5. The molecule has 5 heteroatoms. The number of carbonyl (C=O) groups excluding carboxylic acids is 1. The normalized spacial score (nSPS) is 12.8. The van der Waals surface area contributed by atoms with Gasteiger partial charge in [-0.3, -0.25) is 14.7 Å². The number of pyridine rings is 1. The predicted octanol–water partition coefficient (Wildman–Crippen LogP) is 3.41. The first kappa shape index (κ1) is 14.4. The number of aryl methyl sites for hydroxylation is 1. The summed E-state index contributed by atoms with van der Waals surface area (Å²) in [5.74, 6) is 0.455. The molecule has 2 aromatic heterocycles. The highest BCUT2D eigenvalue weighted by Gasteiger charge is 2.17. The molecule has 3 aromatic rings. The average molecular weight is 316 g/mol. The molecular weight excluding hydrogens is 300 g/mol. The number of fused-ring (bicyclic) bond motifs is 1. The van der Waals surface area contributed by atoms with Crippen LogP contribution < -0.4 is 5.32 Å². The van der Waals surface area contributed by atoms with E-state index in [0.717, 1.165) is 22.4 Å². The minimum atomic E-state index is -0.0562. The van der Waals surface area contributed by atoms with Gasteiger partial charge in [0.15, 0.2) is 5.65 Å². The molecule has 0 unspecified atom stereocenters. The van der Waals surface area contributed by atoms with Crippen LogP contribution in [0.2, 0.25) is 0 Å². The van der Waals surface area contributed by atoms with Crippen LogP contribution in [0.1, 0.15) is 12.0 Å². The summed E-state index contributed by atoms with van der Waals surface area (Å²) in [7, 11) is 0. The molecule has 5 nitrogen and oxygen atoms in total. The summed E-state index contributed by atoms with van der Waals surface area (Å²) in [6.45, 7) is 0. The third kappa shape index (κ3) is 2.72. The minimum absolute atomic E-state index is 0.0562. The van der Waals surface area contributed by atoms with Gasteiger partial charge in [-0.15, -0.1) is 0 Å². The SMILES string of the molecule is O=C(CCc1ccccc1)Nc1nc2cccnc2n1C1=CC=C1. The van der Waals surface area contributed by atoms with Crippen LogP contribution in [0.3, 0.4) is 0 Å². The zero-order valence-electron chi connectivity index (χ0n) is 13.0. The van der Waals surface area contributed by atoms with E-state index in [2.05, 4.69) is 15.3 Å². The second kappa shape index (κ2) is 6.12. The van der Waals surface area contributed by atoms with E-state index >= 15 is 0 Å². The Kier molecular flexibility index (Phi) is 3.67. The van der Waals surface area contributed by atoms with E-state index in [9.17, 15) is 4.79 Å². The van der Waals surface area contributed by atoms with Crippen LogP contribution in [0.25, 0.3) is 16.9 Å². The number of hydrogen-bond donors (Lipinski definition) is 1. The fourth-order valence-electron chi connectivity index (χ4n) is 2.66. The van der Waals surface area contributed by atoms with E-state index in [1.54, 1.807) is 6.20 Å². The summed E-state index contributed by atoms with van der Waals surface area (Å²) in [4.78, 5) is 21.2. The van der Waals surface area contributed by atoms with Gasteiger partial charge in [-0.2, -0.15) is 0 Å². The number of carbonyl (C=O) groups is 1. The monoisotopic (exact) mass is 316 g/mol. The first-order valence-corrected chi connectivity index (χ1v) is 7.87. The Morgan fingerprint density at radius 1 is 1.12 bits per heavy atom. The molecule has 118 valence electrons. The molecule has 0 saturated carbocycles. The number of nitrogens with one attached hydrogen (secondary N) is 1. The topological polar surface area (TPSA) is 59.8 Å². The molecule has 0 bridgehead atoms. The standard InChI is InChI=1S/C19H16N4O/c24-17(12-11-14-6-2-1-3-7-14)22-19-21-16-10-5-13-20-18(16)23(19)15-8-4-9-15/h1-10,13H,11-12H2,(H,21,22,24). The third-order valence-electron chi connectivity index (χ3n) is 3.94. The Hall–Kier alpha value is -3.21. The molecule has 1 aliphatic rings. The number of amides is 1. The fraction of sp³-hybridized carbons (Fsp3) is 0.105. The Balaban J connectivity index is 1.54. The van der Waals surface area contributed by atoms with Gasteiger partial charge in [-0.25, -0.2) is 9.97 Å². The Bertz CT molecular complexity index is 954. The maximum atomic E-state index is 12.3. The van der Waals surface area contributed by atoms with Crippen molar-refractivity contribution in [2.45, 2.75) is 12.8 Å². The van der Waals surface area contributed by atoms with Crippen LogP contribution in [-0.2, 0) is 11.2 Å². The molecule has 1 amide bonds. The lowest BCUT2D eigenvalue weighted by Crippen LogP contribution is -2.16. The highest BCUT2D eigenvalue weighted by molar-refractivity contribution is 5.93. The smallest absolute Gasteiger partial charge is 0.227 e. The summed E-state index contributed by atoms with van der Waals surface area (Å²) in [5.41, 5.74) is 3.62. The zero-order chi connectivity index (χ0) is 16.4. The van der Waals surface area contributed by atoms with Crippen LogP contribution in [0, 0.1) is 0 Å². The molecule has 0 spiro atoms. The van der Waals surface area contributed by atoms with Gasteiger partial charge < -0.3 is 0 Å². The first-order valence-electron chi connectivity index (χ1n) is 7.87. The summed E-state index contributed by atoms with van der Waals surface area (Å²) >= 11 is 0. The van der Waals surface area contributed by atoms with Gasteiger partial charge in [-0.05, 0) is 36.3 Å². The van der Waals surface area contributed by atoms with Crippen molar-refractivity contribution in [2.75, 3.05) is 5.32 Å². The largest absolute Gasteiger partial charge is 0.296 e. The van der Waals surface area contributed by atoms with Crippen LogP contribution in [0.5, 0.6) is 0 Å². The van der Waals surface area contributed by atoms with Crippen molar-refractivity contribution in [2.24, 2.45) is 0 Å². The predicted molar refractivity (Wildman–Crippen MR) is 94.3 cm³/mol. The van der Waals surface area contributed by atoms with E-state index in [-0.39, 0.29) is 5.91 Å². The van der Waals surface area contributed by atoms with Gasteiger partial charge in [0.05, 0.1) is 5.70 Å².